The van der Waals surface area contributed by atoms with Gasteiger partial charge < -0.3 is 9.88 Å². The number of hydrogen-bond acceptors (Lipinski definition) is 3. The Morgan fingerprint density at radius 3 is 2.87 bits per heavy atom. The number of nitrogens with zero attached hydrogens (tertiary/aromatic N) is 2. The summed E-state index contributed by atoms with van der Waals surface area (Å²) in [5.41, 5.74) is 3.83. The molecule has 0 bridgehead atoms. The number of rotatable bonds is 2. The van der Waals surface area contributed by atoms with Gasteiger partial charge in [0.25, 0.3) is 5.91 Å². The Bertz CT molecular complexity index is 956. The SMILES string of the molecule is CC(=O)c1cccc(-c2nc3cccc4c3n2CCNC4=O)c1. The zero-order valence-corrected chi connectivity index (χ0v) is 12.7. The summed E-state index contributed by atoms with van der Waals surface area (Å²) in [7, 11) is 0. The number of para-hydroxylation sites is 1. The second-order valence-electron chi connectivity index (χ2n) is 5.65. The maximum Gasteiger partial charge on any atom is 0.253 e. The zero-order chi connectivity index (χ0) is 16.0. The standard InChI is InChI=1S/C18H15N3O2/c1-11(22)12-4-2-5-13(10-12)17-20-15-7-3-6-14-16(15)21(17)9-8-19-18(14)23/h2-7,10H,8-9H2,1H3,(H,19,23). The van der Waals surface area contributed by atoms with Crippen LogP contribution in [-0.2, 0) is 6.54 Å². The number of carbonyl (C=O) groups is 2. The van der Waals surface area contributed by atoms with Gasteiger partial charge in [-0.3, -0.25) is 9.59 Å². The summed E-state index contributed by atoms with van der Waals surface area (Å²) in [5, 5.41) is 2.90. The van der Waals surface area contributed by atoms with E-state index in [-0.39, 0.29) is 11.7 Å². The lowest BCUT2D eigenvalue weighted by Gasteiger charge is -2.08. The first-order valence-corrected chi connectivity index (χ1v) is 7.54. The molecule has 5 heteroatoms. The predicted octanol–water partition coefficient (Wildman–Crippen LogP) is 2.65. The Labute approximate surface area is 133 Å². The Morgan fingerprint density at radius 2 is 2.04 bits per heavy atom. The van der Waals surface area contributed by atoms with Gasteiger partial charge in [-0.2, -0.15) is 0 Å². The largest absolute Gasteiger partial charge is 0.350 e. The molecule has 2 aromatic carbocycles. The minimum Gasteiger partial charge on any atom is -0.350 e. The molecular weight excluding hydrogens is 290 g/mol. The summed E-state index contributed by atoms with van der Waals surface area (Å²) in [6.07, 6.45) is 0. The van der Waals surface area contributed by atoms with Crippen molar-refractivity contribution in [3.05, 3.63) is 53.6 Å². The fourth-order valence-electron chi connectivity index (χ4n) is 3.06. The first kappa shape index (κ1) is 13.7. The van der Waals surface area contributed by atoms with E-state index in [1.54, 1.807) is 13.0 Å². The van der Waals surface area contributed by atoms with Gasteiger partial charge in [-0.15, -0.1) is 0 Å². The Kier molecular flexibility index (Phi) is 3.01. The normalized spacial score (nSPS) is 13.7. The molecule has 0 radical (unpaired) electrons. The third kappa shape index (κ3) is 2.12. The molecule has 23 heavy (non-hydrogen) atoms. The van der Waals surface area contributed by atoms with Crippen LogP contribution in [0.25, 0.3) is 22.4 Å². The average molecular weight is 305 g/mol. The first-order valence-electron chi connectivity index (χ1n) is 7.54. The molecule has 2 heterocycles. The number of nitrogens with one attached hydrogen (secondary N) is 1. The fraction of sp³-hybridized carbons (Fsp3) is 0.167. The average Bonchev–Trinajstić information content (AvgIpc) is 2.84. The maximum absolute atomic E-state index is 12.2. The van der Waals surface area contributed by atoms with Crippen LogP contribution in [0.4, 0.5) is 0 Å². The molecule has 0 saturated carbocycles. The molecule has 4 rings (SSSR count). The monoisotopic (exact) mass is 305 g/mol. The lowest BCUT2D eigenvalue weighted by Crippen LogP contribution is -2.24. The molecule has 5 nitrogen and oxygen atoms in total. The quantitative estimate of drug-likeness (QED) is 0.740. The number of Topliss-reactive ketones (excluding diaryl/α,β-unsaturated/α-hetero) is 1. The van der Waals surface area contributed by atoms with Gasteiger partial charge in [0.2, 0.25) is 0 Å². The van der Waals surface area contributed by atoms with Crippen LogP contribution in [0.5, 0.6) is 0 Å². The van der Waals surface area contributed by atoms with Gasteiger partial charge in [0, 0.05) is 24.2 Å². The van der Waals surface area contributed by atoms with Gasteiger partial charge in [-0.1, -0.05) is 24.3 Å². The zero-order valence-electron chi connectivity index (χ0n) is 12.7. The number of aromatic nitrogens is 2. The summed E-state index contributed by atoms with van der Waals surface area (Å²) in [6, 6.07) is 13.0. The molecular formula is C18H15N3O2. The van der Waals surface area contributed by atoms with E-state index in [4.69, 9.17) is 4.98 Å². The minimum atomic E-state index is -0.0710. The maximum atomic E-state index is 12.2. The highest BCUT2D eigenvalue weighted by Gasteiger charge is 2.21. The Hall–Kier alpha value is -2.95. The van der Waals surface area contributed by atoms with Crippen molar-refractivity contribution in [3.8, 4) is 11.4 Å². The van der Waals surface area contributed by atoms with Gasteiger partial charge in [-0.25, -0.2) is 4.98 Å². The molecule has 0 fully saturated rings. The van der Waals surface area contributed by atoms with E-state index in [1.807, 2.05) is 36.4 Å². The van der Waals surface area contributed by atoms with Crippen molar-refractivity contribution in [2.24, 2.45) is 0 Å². The van der Waals surface area contributed by atoms with E-state index in [0.29, 0.717) is 24.2 Å². The lowest BCUT2D eigenvalue weighted by atomic mass is 10.1. The molecule has 0 unspecified atom stereocenters. The number of hydrogen-bond donors (Lipinski definition) is 1. The summed E-state index contributed by atoms with van der Waals surface area (Å²) in [5.74, 6) is 0.738. The fourth-order valence-corrected chi connectivity index (χ4v) is 3.06. The van der Waals surface area contributed by atoms with Crippen LogP contribution in [0.2, 0.25) is 0 Å². The van der Waals surface area contributed by atoms with Gasteiger partial charge in [0.1, 0.15) is 5.82 Å². The molecule has 1 N–H and O–H groups in total. The molecule has 1 aliphatic rings. The van der Waals surface area contributed by atoms with Crippen LogP contribution in [0.3, 0.4) is 0 Å². The third-order valence-corrected chi connectivity index (χ3v) is 4.16. The van der Waals surface area contributed by atoms with Crippen molar-refractivity contribution < 1.29 is 9.59 Å². The van der Waals surface area contributed by atoms with Gasteiger partial charge in [-0.05, 0) is 25.1 Å². The van der Waals surface area contributed by atoms with Crippen molar-refractivity contribution in [3.63, 3.8) is 0 Å². The summed E-state index contributed by atoms with van der Waals surface area (Å²) >= 11 is 0. The Balaban J connectivity index is 2.00. The van der Waals surface area contributed by atoms with Crippen molar-refractivity contribution in [2.75, 3.05) is 6.54 Å². The van der Waals surface area contributed by atoms with E-state index in [1.165, 1.54) is 0 Å². The smallest absolute Gasteiger partial charge is 0.253 e. The van der Waals surface area contributed by atoms with Crippen molar-refractivity contribution in [2.45, 2.75) is 13.5 Å². The Morgan fingerprint density at radius 1 is 1.22 bits per heavy atom. The number of benzene rings is 2. The summed E-state index contributed by atoms with van der Waals surface area (Å²) in [6.45, 7) is 2.76. The first-order chi connectivity index (χ1) is 11.1. The van der Waals surface area contributed by atoms with E-state index < -0.39 is 0 Å². The van der Waals surface area contributed by atoms with E-state index in [2.05, 4.69) is 9.88 Å². The van der Waals surface area contributed by atoms with Crippen molar-refractivity contribution in [1.29, 1.82) is 0 Å². The van der Waals surface area contributed by atoms with Crippen molar-refractivity contribution in [1.82, 2.24) is 14.9 Å². The molecule has 3 aromatic rings. The molecule has 0 atom stereocenters. The van der Waals surface area contributed by atoms with Gasteiger partial charge in [0.05, 0.1) is 16.6 Å². The van der Waals surface area contributed by atoms with Crippen molar-refractivity contribution >= 4 is 22.7 Å². The highest BCUT2D eigenvalue weighted by atomic mass is 16.1. The molecule has 1 aromatic heterocycles. The van der Waals surface area contributed by atoms with E-state index >= 15 is 0 Å². The number of amides is 1. The summed E-state index contributed by atoms with van der Waals surface area (Å²) < 4.78 is 2.06. The number of imidazole rings is 1. The molecule has 0 aliphatic carbocycles. The molecule has 1 aliphatic heterocycles. The molecule has 0 spiro atoms. The second-order valence-corrected chi connectivity index (χ2v) is 5.65. The number of carbonyl (C=O) groups excluding carboxylic acids is 2. The van der Waals surface area contributed by atoms with Crippen LogP contribution < -0.4 is 5.32 Å². The van der Waals surface area contributed by atoms with Gasteiger partial charge in [0.15, 0.2) is 5.78 Å². The highest BCUT2D eigenvalue weighted by Crippen LogP contribution is 2.28. The van der Waals surface area contributed by atoms with Gasteiger partial charge >= 0.3 is 0 Å². The van der Waals surface area contributed by atoms with Crippen LogP contribution in [0.15, 0.2) is 42.5 Å². The molecule has 114 valence electrons. The lowest BCUT2D eigenvalue weighted by molar-refractivity contribution is 0.0955. The predicted molar refractivity (Wildman–Crippen MR) is 87.5 cm³/mol. The van der Waals surface area contributed by atoms with Crippen LogP contribution in [0.1, 0.15) is 27.6 Å². The topological polar surface area (TPSA) is 64.0 Å². The summed E-state index contributed by atoms with van der Waals surface area (Å²) in [4.78, 5) is 28.5. The molecule has 1 amide bonds. The van der Waals surface area contributed by atoms with Crippen LogP contribution >= 0.6 is 0 Å². The highest BCUT2D eigenvalue weighted by molar-refractivity contribution is 6.06. The third-order valence-electron chi connectivity index (χ3n) is 4.16. The van der Waals surface area contributed by atoms with E-state index in [0.717, 1.165) is 22.4 Å². The minimum absolute atomic E-state index is 0.0244. The van der Waals surface area contributed by atoms with E-state index in [9.17, 15) is 9.59 Å². The molecule has 0 saturated heterocycles. The second kappa shape index (κ2) is 5.05. The van der Waals surface area contributed by atoms with Crippen LogP contribution in [0, 0.1) is 0 Å². The number of ketones is 1. The van der Waals surface area contributed by atoms with Crippen LogP contribution in [-0.4, -0.2) is 27.8 Å².